The van der Waals surface area contributed by atoms with Gasteiger partial charge >= 0.3 is 0 Å². The van der Waals surface area contributed by atoms with Crippen LogP contribution in [0, 0.1) is 0 Å². The first-order chi connectivity index (χ1) is 12.0. The standard InChI is InChI=1S/C17H15N5O3/c1-10(23)18-12-5-3-6-13(9-12)19-21-16-15(20-22-17(16)25)11-4-2-7-14(24)8-11/h2-9,24H,1H3,(H,18,23)(H2,20,22,25). The van der Waals surface area contributed by atoms with Gasteiger partial charge in [0.25, 0.3) is 5.56 Å². The average molecular weight is 337 g/mol. The Morgan fingerprint density at radius 2 is 1.88 bits per heavy atom. The summed E-state index contributed by atoms with van der Waals surface area (Å²) in [6.07, 6.45) is 0. The number of aromatic amines is 2. The molecule has 4 N–H and O–H groups in total. The molecule has 0 saturated carbocycles. The Labute approximate surface area is 142 Å². The molecule has 3 rings (SSSR count). The number of azo groups is 1. The van der Waals surface area contributed by atoms with Crippen molar-refractivity contribution in [1.82, 2.24) is 10.2 Å². The van der Waals surface area contributed by atoms with Crippen molar-refractivity contribution in [1.29, 1.82) is 0 Å². The first-order valence-electron chi connectivity index (χ1n) is 7.42. The number of H-pyrrole nitrogens is 2. The van der Waals surface area contributed by atoms with Crippen LogP contribution in [-0.4, -0.2) is 21.2 Å². The fraction of sp³-hybridized carbons (Fsp3) is 0.0588. The summed E-state index contributed by atoms with van der Waals surface area (Å²) in [4.78, 5) is 23.1. The van der Waals surface area contributed by atoms with E-state index in [1.807, 2.05) is 0 Å². The number of phenolic OH excluding ortho intramolecular Hbond substituents is 1. The largest absolute Gasteiger partial charge is 0.508 e. The fourth-order valence-corrected chi connectivity index (χ4v) is 2.27. The van der Waals surface area contributed by atoms with Gasteiger partial charge in [-0.15, -0.1) is 5.11 Å². The van der Waals surface area contributed by atoms with Crippen LogP contribution < -0.4 is 10.9 Å². The number of hydrogen-bond donors (Lipinski definition) is 4. The van der Waals surface area contributed by atoms with Crippen LogP contribution in [-0.2, 0) is 4.79 Å². The van der Waals surface area contributed by atoms with E-state index < -0.39 is 5.56 Å². The van der Waals surface area contributed by atoms with Crippen molar-refractivity contribution in [3.63, 3.8) is 0 Å². The van der Waals surface area contributed by atoms with Gasteiger partial charge in [0, 0.05) is 18.2 Å². The second-order valence-corrected chi connectivity index (χ2v) is 5.28. The molecule has 25 heavy (non-hydrogen) atoms. The smallest absolute Gasteiger partial charge is 0.292 e. The topological polar surface area (TPSA) is 123 Å². The Hall–Kier alpha value is -3.68. The summed E-state index contributed by atoms with van der Waals surface area (Å²) < 4.78 is 0. The molecule has 0 aliphatic heterocycles. The van der Waals surface area contributed by atoms with Crippen molar-refractivity contribution in [3.05, 3.63) is 58.9 Å². The molecule has 0 aliphatic rings. The Morgan fingerprint density at radius 3 is 2.64 bits per heavy atom. The van der Waals surface area contributed by atoms with E-state index >= 15 is 0 Å². The van der Waals surface area contributed by atoms with Gasteiger partial charge in [0.05, 0.1) is 11.4 Å². The molecule has 1 heterocycles. The predicted octanol–water partition coefficient (Wildman–Crippen LogP) is 3.45. The zero-order valence-electron chi connectivity index (χ0n) is 13.3. The van der Waals surface area contributed by atoms with Crippen LogP contribution in [0.4, 0.5) is 17.1 Å². The molecule has 8 nitrogen and oxygen atoms in total. The normalized spacial score (nSPS) is 10.9. The van der Waals surface area contributed by atoms with Gasteiger partial charge in [-0.25, -0.2) is 0 Å². The zero-order chi connectivity index (χ0) is 17.8. The zero-order valence-corrected chi connectivity index (χ0v) is 13.3. The number of hydrogen-bond acceptors (Lipinski definition) is 5. The first-order valence-corrected chi connectivity index (χ1v) is 7.42. The highest BCUT2D eigenvalue weighted by Crippen LogP contribution is 2.29. The molecule has 3 aromatic rings. The van der Waals surface area contributed by atoms with Gasteiger partial charge in [-0.05, 0) is 30.3 Å². The van der Waals surface area contributed by atoms with Gasteiger partial charge in [-0.3, -0.25) is 19.8 Å². The summed E-state index contributed by atoms with van der Waals surface area (Å²) in [5.74, 6) is -0.118. The molecule has 0 atom stereocenters. The Bertz CT molecular complexity index is 1000. The highest BCUT2D eigenvalue weighted by Gasteiger charge is 2.12. The van der Waals surface area contributed by atoms with Gasteiger partial charge in [0.2, 0.25) is 5.91 Å². The van der Waals surface area contributed by atoms with Gasteiger partial charge in [-0.1, -0.05) is 18.2 Å². The minimum atomic E-state index is -0.430. The van der Waals surface area contributed by atoms with Crippen molar-refractivity contribution >= 4 is 23.0 Å². The molecular weight excluding hydrogens is 322 g/mol. The van der Waals surface area contributed by atoms with E-state index in [2.05, 4.69) is 25.7 Å². The maximum absolute atomic E-state index is 12.0. The summed E-state index contributed by atoms with van der Waals surface area (Å²) in [5.41, 5.74) is 1.74. The molecular formula is C17H15N5O3. The second kappa shape index (κ2) is 6.83. The number of rotatable bonds is 4. The number of carbonyl (C=O) groups excluding carboxylic acids is 1. The fourth-order valence-electron chi connectivity index (χ4n) is 2.27. The third kappa shape index (κ3) is 3.81. The van der Waals surface area contributed by atoms with Crippen molar-refractivity contribution in [2.75, 3.05) is 5.32 Å². The molecule has 0 radical (unpaired) electrons. The minimum Gasteiger partial charge on any atom is -0.508 e. The number of carbonyl (C=O) groups is 1. The SMILES string of the molecule is CC(=O)Nc1cccc(N=Nc2c(-c3cccc(O)c3)[nH][nH]c2=O)c1. The predicted molar refractivity (Wildman–Crippen MR) is 93.4 cm³/mol. The lowest BCUT2D eigenvalue weighted by molar-refractivity contribution is -0.114. The van der Waals surface area contributed by atoms with Crippen molar-refractivity contribution in [2.45, 2.75) is 6.92 Å². The lowest BCUT2D eigenvalue weighted by Crippen LogP contribution is -2.05. The number of aromatic hydroxyl groups is 1. The number of anilines is 1. The van der Waals surface area contributed by atoms with E-state index in [9.17, 15) is 14.7 Å². The maximum Gasteiger partial charge on any atom is 0.292 e. The lowest BCUT2D eigenvalue weighted by Gasteiger charge is -2.02. The van der Waals surface area contributed by atoms with Crippen LogP contribution in [0.15, 0.2) is 63.6 Å². The number of nitrogens with one attached hydrogen (secondary N) is 3. The second-order valence-electron chi connectivity index (χ2n) is 5.28. The number of nitrogens with zero attached hydrogens (tertiary/aromatic N) is 2. The van der Waals surface area contributed by atoms with Gasteiger partial charge < -0.3 is 10.4 Å². The lowest BCUT2D eigenvalue weighted by atomic mass is 10.1. The van der Waals surface area contributed by atoms with Crippen LogP contribution in [0.1, 0.15) is 6.92 Å². The molecule has 0 fully saturated rings. The molecule has 8 heteroatoms. The van der Waals surface area contributed by atoms with Crippen molar-refractivity contribution in [2.24, 2.45) is 10.2 Å². The van der Waals surface area contributed by atoms with E-state index in [0.717, 1.165) is 0 Å². The van der Waals surface area contributed by atoms with Crippen LogP contribution in [0.3, 0.4) is 0 Å². The van der Waals surface area contributed by atoms with E-state index in [-0.39, 0.29) is 17.3 Å². The van der Waals surface area contributed by atoms with E-state index in [1.165, 1.54) is 19.1 Å². The Morgan fingerprint density at radius 1 is 1.08 bits per heavy atom. The summed E-state index contributed by atoms with van der Waals surface area (Å²) in [5, 5.41) is 25.5. The number of benzene rings is 2. The number of aromatic nitrogens is 2. The maximum atomic E-state index is 12.0. The summed E-state index contributed by atoms with van der Waals surface area (Å²) in [6, 6.07) is 13.2. The molecule has 0 bridgehead atoms. The average Bonchev–Trinajstić information content (AvgIpc) is 2.93. The quantitative estimate of drug-likeness (QED) is 0.545. The van der Waals surface area contributed by atoms with Crippen LogP contribution in [0.5, 0.6) is 5.75 Å². The molecule has 126 valence electrons. The molecule has 1 amide bonds. The molecule has 0 aliphatic carbocycles. The van der Waals surface area contributed by atoms with Gasteiger partial charge in [0.15, 0.2) is 5.69 Å². The van der Waals surface area contributed by atoms with Crippen LogP contribution in [0.25, 0.3) is 11.3 Å². The molecule has 2 aromatic carbocycles. The minimum absolute atomic E-state index is 0.0745. The van der Waals surface area contributed by atoms with Crippen LogP contribution >= 0.6 is 0 Å². The molecule has 1 aromatic heterocycles. The first kappa shape index (κ1) is 16.2. The Balaban J connectivity index is 1.94. The van der Waals surface area contributed by atoms with Gasteiger partial charge in [0.1, 0.15) is 5.75 Å². The highest BCUT2D eigenvalue weighted by atomic mass is 16.3. The number of phenols is 1. The Kier molecular flexibility index (Phi) is 4.42. The van der Waals surface area contributed by atoms with E-state index in [0.29, 0.717) is 22.6 Å². The third-order valence-corrected chi connectivity index (χ3v) is 3.32. The summed E-state index contributed by atoms with van der Waals surface area (Å²) >= 11 is 0. The summed E-state index contributed by atoms with van der Waals surface area (Å²) in [7, 11) is 0. The van der Waals surface area contributed by atoms with Gasteiger partial charge in [-0.2, -0.15) is 5.11 Å². The summed E-state index contributed by atoms with van der Waals surface area (Å²) in [6.45, 7) is 1.41. The molecule has 0 spiro atoms. The van der Waals surface area contributed by atoms with Crippen LogP contribution in [0.2, 0.25) is 0 Å². The van der Waals surface area contributed by atoms with Crippen molar-refractivity contribution in [3.8, 4) is 17.0 Å². The molecule has 0 unspecified atom stereocenters. The monoisotopic (exact) mass is 337 g/mol. The van der Waals surface area contributed by atoms with Crippen molar-refractivity contribution < 1.29 is 9.90 Å². The van der Waals surface area contributed by atoms with E-state index in [4.69, 9.17) is 0 Å². The third-order valence-electron chi connectivity index (χ3n) is 3.32. The number of amides is 1. The van der Waals surface area contributed by atoms with E-state index in [1.54, 1.807) is 36.4 Å². The molecule has 0 saturated heterocycles. The highest BCUT2D eigenvalue weighted by molar-refractivity contribution is 5.89.